The second kappa shape index (κ2) is 2.74. The van der Waals surface area contributed by atoms with Crippen molar-refractivity contribution >= 4 is 5.69 Å². The molecule has 0 saturated heterocycles. The van der Waals surface area contributed by atoms with E-state index in [0.29, 0.717) is 16.1 Å². The third-order valence-corrected chi connectivity index (χ3v) is 1.60. The molecule has 1 heterocycles. The van der Waals surface area contributed by atoms with E-state index in [2.05, 4.69) is 15.5 Å². The van der Waals surface area contributed by atoms with Crippen molar-refractivity contribution in [2.24, 2.45) is 0 Å². The number of rotatable bonds is 1. The fourth-order valence-electron chi connectivity index (χ4n) is 1.03. The number of nitrogens with zero attached hydrogens (tertiary/aromatic N) is 4. The monoisotopic (exact) mass is 177 g/mol. The van der Waals surface area contributed by atoms with Gasteiger partial charge in [-0.1, -0.05) is 17.0 Å². The largest absolute Gasteiger partial charge is 0.409 e. The van der Waals surface area contributed by atoms with Crippen molar-refractivity contribution in [3.8, 4) is 11.4 Å². The first kappa shape index (κ1) is 7.53. The van der Waals surface area contributed by atoms with Gasteiger partial charge in [-0.2, -0.15) is 0 Å². The Morgan fingerprint density at radius 2 is 2.23 bits per heavy atom. The van der Waals surface area contributed by atoms with E-state index < -0.39 is 0 Å². The Bertz CT molecular complexity index is 424. The van der Waals surface area contributed by atoms with Crippen LogP contribution in [0.2, 0.25) is 0 Å². The van der Waals surface area contributed by atoms with E-state index >= 15 is 0 Å². The van der Waals surface area contributed by atoms with Crippen LogP contribution in [0.5, 0.6) is 0 Å². The molecule has 2 rings (SSSR count). The molecule has 0 amide bonds. The molecule has 0 unspecified atom stereocenters. The minimum atomic E-state index is 0.271. The Labute approximate surface area is 73.6 Å². The van der Waals surface area contributed by atoms with E-state index in [0.717, 1.165) is 0 Å². The standard InChI is InChI=1S/C7H7N5O/c8-6-3-1-2-5(4-6)7-9-10-11-12(7)13/h1-4,13H,8H2. The third kappa shape index (κ3) is 1.28. The van der Waals surface area contributed by atoms with Crippen LogP contribution in [0.15, 0.2) is 24.3 Å². The number of nitrogens with two attached hydrogens (primary N) is 1. The minimum absolute atomic E-state index is 0.271. The first-order chi connectivity index (χ1) is 6.27. The second-order valence-electron chi connectivity index (χ2n) is 2.52. The molecular formula is C7H7N5O. The zero-order chi connectivity index (χ0) is 9.26. The zero-order valence-electron chi connectivity index (χ0n) is 6.62. The highest BCUT2D eigenvalue weighted by Gasteiger charge is 2.06. The normalized spacial score (nSPS) is 10.2. The lowest BCUT2D eigenvalue weighted by molar-refractivity contribution is 0.147. The summed E-state index contributed by atoms with van der Waals surface area (Å²) in [5, 5.41) is 19.4. The number of nitrogen functional groups attached to an aromatic ring is 1. The summed E-state index contributed by atoms with van der Waals surface area (Å²) >= 11 is 0. The van der Waals surface area contributed by atoms with Crippen LogP contribution in [0.1, 0.15) is 0 Å². The van der Waals surface area contributed by atoms with Gasteiger partial charge in [0.25, 0.3) is 0 Å². The number of benzene rings is 1. The molecule has 0 saturated carbocycles. The molecule has 1 aromatic carbocycles. The van der Waals surface area contributed by atoms with Crippen molar-refractivity contribution in [3.05, 3.63) is 24.3 Å². The van der Waals surface area contributed by atoms with Gasteiger partial charge in [-0.25, -0.2) is 0 Å². The number of aromatic nitrogens is 4. The highest BCUT2D eigenvalue weighted by Crippen LogP contribution is 2.16. The van der Waals surface area contributed by atoms with Crippen LogP contribution in [0.4, 0.5) is 5.69 Å². The molecule has 0 fully saturated rings. The predicted molar refractivity (Wildman–Crippen MR) is 44.8 cm³/mol. The molecule has 0 spiro atoms. The molecule has 0 aliphatic heterocycles. The summed E-state index contributed by atoms with van der Waals surface area (Å²) in [7, 11) is 0. The van der Waals surface area contributed by atoms with Crippen molar-refractivity contribution in [1.29, 1.82) is 0 Å². The molecule has 13 heavy (non-hydrogen) atoms. The number of hydrogen-bond acceptors (Lipinski definition) is 5. The average molecular weight is 177 g/mol. The van der Waals surface area contributed by atoms with Crippen molar-refractivity contribution < 1.29 is 5.21 Å². The molecule has 0 aliphatic carbocycles. The lowest BCUT2D eigenvalue weighted by atomic mass is 10.2. The van der Waals surface area contributed by atoms with Crippen LogP contribution < -0.4 is 5.73 Å². The van der Waals surface area contributed by atoms with Gasteiger partial charge in [-0.3, -0.25) is 0 Å². The maximum atomic E-state index is 9.13. The first-order valence-electron chi connectivity index (χ1n) is 3.61. The topological polar surface area (TPSA) is 89.9 Å². The molecule has 1 aromatic heterocycles. The molecule has 0 atom stereocenters. The Kier molecular flexibility index (Phi) is 1.59. The fraction of sp³-hybridized carbons (Fsp3) is 0. The molecule has 66 valence electrons. The molecular weight excluding hydrogens is 170 g/mol. The quantitative estimate of drug-likeness (QED) is 0.478. The van der Waals surface area contributed by atoms with E-state index in [9.17, 15) is 0 Å². The SMILES string of the molecule is Nc1cccc(-c2nnnn2O)c1. The number of anilines is 1. The Balaban J connectivity index is 2.53. The van der Waals surface area contributed by atoms with Gasteiger partial charge in [0.2, 0.25) is 5.82 Å². The van der Waals surface area contributed by atoms with Crippen LogP contribution in [-0.4, -0.2) is 25.6 Å². The molecule has 6 heteroatoms. The number of hydrogen-bond donors (Lipinski definition) is 2. The van der Waals surface area contributed by atoms with Crippen LogP contribution in [0, 0.1) is 0 Å². The van der Waals surface area contributed by atoms with Crippen LogP contribution in [0.25, 0.3) is 11.4 Å². The molecule has 0 aliphatic rings. The lowest BCUT2D eigenvalue weighted by Crippen LogP contribution is -1.96. The highest BCUT2D eigenvalue weighted by atomic mass is 16.5. The Hall–Kier alpha value is -2.11. The van der Waals surface area contributed by atoms with E-state index in [1.165, 1.54) is 0 Å². The summed E-state index contributed by atoms with van der Waals surface area (Å²) in [6.45, 7) is 0. The van der Waals surface area contributed by atoms with Gasteiger partial charge in [-0.05, 0) is 22.6 Å². The maximum absolute atomic E-state index is 9.13. The van der Waals surface area contributed by atoms with Crippen LogP contribution in [0.3, 0.4) is 0 Å². The Morgan fingerprint density at radius 3 is 2.85 bits per heavy atom. The number of tetrazole rings is 1. The van der Waals surface area contributed by atoms with Crippen LogP contribution in [-0.2, 0) is 0 Å². The molecule has 2 aromatic rings. The summed E-state index contributed by atoms with van der Waals surface area (Å²) in [6.07, 6.45) is 0. The molecule has 3 N–H and O–H groups in total. The van der Waals surface area contributed by atoms with Gasteiger partial charge in [0.15, 0.2) is 0 Å². The van der Waals surface area contributed by atoms with Gasteiger partial charge < -0.3 is 10.9 Å². The zero-order valence-corrected chi connectivity index (χ0v) is 6.62. The lowest BCUT2D eigenvalue weighted by Gasteiger charge is -1.97. The van der Waals surface area contributed by atoms with Crippen molar-refractivity contribution in [1.82, 2.24) is 20.4 Å². The first-order valence-corrected chi connectivity index (χ1v) is 3.61. The van der Waals surface area contributed by atoms with Crippen molar-refractivity contribution in [3.63, 3.8) is 0 Å². The van der Waals surface area contributed by atoms with Gasteiger partial charge in [0, 0.05) is 11.3 Å². The summed E-state index contributed by atoms with van der Waals surface area (Å²) in [5.74, 6) is 0.271. The third-order valence-electron chi connectivity index (χ3n) is 1.60. The van der Waals surface area contributed by atoms with Crippen molar-refractivity contribution in [2.45, 2.75) is 0 Å². The summed E-state index contributed by atoms with van der Waals surface area (Å²) < 4.78 is 0. The Morgan fingerprint density at radius 1 is 1.38 bits per heavy atom. The van der Waals surface area contributed by atoms with Gasteiger partial charge >= 0.3 is 0 Å². The van der Waals surface area contributed by atoms with Crippen molar-refractivity contribution in [2.75, 3.05) is 5.73 Å². The van der Waals surface area contributed by atoms with Gasteiger partial charge in [0.1, 0.15) is 0 Å². The highest BCUT2D eigenvalue weighted by molar-refractivity contribution is 5.60. The molecule has 0 radical (unpaired) electrons. The van der Waals surface area contributed by atoms with E-state index in [4.69, 9.17) is 10.9 Å². The van der Waals surface area contributed by atoms with E-state index in [1.54, 1.807) is 24.3 Å². The van der Waals surface area contributed by atoms with E-state index in [-0.39, 0.29) is 5.82 Å². The van der Waals surface area contributed by atoms with Gasteiger partial charge in [-0.15, -0.1) is 5.10 Å². The summed E-state index contributed by atoms with van der Waals surface area (Å²) in [4.78, 5) is 0.606. The van der Waals surface area contributed by atoms with Gasteiger partial charge in [0.05, 0.1) is 0 Å². The average Bonchev–Trinajstić information content (AvgIpc) is 2.51. The fourth-order valence-corrected chi connectivity index (χ4v) is 1.03. The van der Waals surface area contributed by atoms with E-state index in [1.807, 2.05) is 0 Å². The minimum Gasteiger partial charge on any atom is -0.409 e. The smallest absolute Gasteiger partial charge is 0.222 e. The predicted octanol–water partition coefficient (Wildman–Crippen LogP) is 0.160. The summed E-state index contributed by atoms with van der Waals surface area (Å²) in [5.41, 5.74) is 6.83. The molecule has 0 bridgehead atoms. The summed E-state index contributed by atoms with van der Waals surface area (Å²) in [6, 6.07) is 6.95. The van der Waals surface area contributed by atoms with Crippen LogP contribution >= 0.6 is 0 Å². The second-order valence-corrected chi connectivity index (χ2v) is 2.52. The maximum Gasteiger partial charge on any atom is 0.222 e. The molecule has 6 nitrogen and oxygen atoms in total.